The van der Waals surface area contributed by atoms with Crippen LogP contribution in [-0.4, -0.2) is 34.6 Å². The number of carbonyl (C=O) groups excluding carboxylic acids is 1. The molecule has 3 aromatic rings. The van der Waals surface area contributed by atoms with E-state index in [1.807, 2.05) is 24.3 Å². The molecule has 1 amide bonds. The number of fused-ring (bicyclic) bond motifs is 1. The molecule has 27 heavy (non-hydrogen) atoms. The first-order valence-electron chi connectivity index (χ1n) is 8.89. The third-order valence-corrected chi connectivity index (χ3v) is 4.30. The standard InChI is InChI=1S/C20H22N4O3/c1-27-16-10-8-15(9-11-16)5-4-13-21-19(25)12-14-24-20(26)17-6-2-3-7-18(17)22-23-24/h2-3,6-11H,4-5,12-14H2,1H3,(H,21,25). The van der Waals surface area contributed by atoms with Crippen molar-refractivity contribution in [1.29, 1.82) is 0 Å². The Morgan fingerprint density at radius 1 is 1.15 bits per heavy atom. The first kappa shape index (κ1) is 18.6. The Kier molecular flexibility index (Phi) is 6.14. The van der Waals surface area contributed by atoms with Crippen LogP contribution in [0.25, 0.3) is 10.9 Å². The average Bonchev–Trinajstić information content (AvgIpc) is 2.71. The van der Waals surface area contributed by atoms with Crippen molar-refractivity contribution in [2.45, 2.75) is 25.8 Å². The summed E-state index contributed by atoms with van der Waals surface area (Å²) in [5.74, 6) is 0.727. The van der Waals surface area contributed by atoms with Gasteiger partial charge < -0.3 is 10.1 Å². The number of nitrogens with one attached hydrogen (secondary N) is 1. The molecule has 0 saturated heterocycles. The number of ether oxygens (including phenoxy) is 1. The number of hydrogen-bond acceptors (Lipinski definition) is 5. The monoisotopic (exact) mass is 366 g/mol. The Balaban J connectivity index is 1.43. The number of benzene rings is 2. The van der Waals surface area contributed by atoms with Crippen molar-refractivity contribution in [2.24, 2.45) is 0 Å². The fraction of sp³-hybridized carbons (Fsp3) is 0.300. The molecule has 0 saturated carbocycles. The predicted octanol–water partition coefficient (Wildman–Crippen LogP) is 1.94. The Labute approximate surface area is 157 Å². The summed E-state index contributed by atoms with van der Waals surface area (Å²) in [5, 5.41) is 11.3. The van der Waals surface area contributed by atoms with Crippen molar-refractivity contribution in [1.82, 2.24) is 20.3 Å². The molecule has 0 spiro atoms. The Hall–Kier alpha value is -3.22. The minimum Gasteiger partial charge on any atom is -0.497 e. The van der Waals surface area contributed by atoms with Crippen LogP contribution in [0, 0.1) is 0 Å². The zero-order chi connectivity index (χ0) is 19.1. The second-order valence-corrected chi connectivity index (χ2v) is 6.19. The van der Waals surface area contributed by atoms with Crippen molar-refractivity contribution >= 4 is 16.8 Å². The number of aromatic nitrogens is 3. The van der Waals surface area contributed by atoms with E-state index >= 15 is 0 Å². The second-order valence-electron chi connectivity index (χ2n) is 6.19. The summed E-state index contributed by atoms with van der Waals surface area (Å²) in [6.07, 6.45) is 1.91. The lowest BCUT2D eigenvalue weighted by molar-refractivity contribution is -0.121. The molecule has 0 aliphatic rings. The summed E-state index contributed by atoms with van der Waals surface area (Å²) in [7, 11) is 1.64. The summed E-state index contributed by atoms with van der Waals surface area (Å²) in [4.78, 5) is 24.3. The smallest absolute Gasteiger partial charge is 0.277 e. The van der Waals surface area contributed by atoms with Crippen LogP contribution in [-0.2, 0) is 17.8 Å². The highest BCUT2D eigenvalue weighted by Gasteiger charge is 2.07. The van der Waals surface area contributed by atoms with Gasteiger partial charge in [0.05, 0.1) is 19.0 Å². The van der Waals surface area contributed by atoms with Gasteiger partial charge >= 0.3 is 0 Å². The number of carbonyl (C=O) groups is 1. The molecule has 0 unspecified atom stereocenters. The van der Waals surface area contributed by atoms with Gasteiger partial charge in [-0.15, -0.1) is 5.10 Å². The van der Waals surface area contributed by atoms with Gasteiger partial charge in [-0.25, -0.2) is 4.68 Å². The Bertz CT molecular complexity index is 967. The third kappa shape index (κ3) is 4.91. The summed E-state index contributed by atoms with van der Waals surface area (Å²) in [5.41, 5.74) is 1.53. The zero-order valence-corrected chi connectivity index (χ0v) is 15.2. The van der Waals surface area contributed by atoms with E-state index in [9.17, 15) is 9.59 Å². The largest absolute Gasteiger partial charge is 0.497 e. The fourth-order valence-corrected chi connectivity index (χ4v) is 2.78. The van der Waals surface area contributed by atoms with E-state index in [4.69, 9.17) is 4.74 Å². The SMILES string of the molecule is COc1ccc(CCCNC(=O)CCn2nnc3ccccc3c2=O)cc1. The van der Waals surface area contributed by atoms with Crippen molar-refractivity contribution in [3.8, 4) is 5.75 Å². The van der Waals surface area contributed by atoms with Gasteiger partial charge in [0.15, 0.2) is 0 Å². The molecule has 1 aromatic heterocycles. The molecule has 0 radical (unpaired) electrons. The highest BCUT2D eigenvalue weighted by atomic mass is 16.5. The maximum atomic E-state index is 12.3. The van der Waals surface area contributed by atoms with Crippen LogP contribution in [0.15, 0.2) is 53.3 Å². The van der Waals surface area contributed by atoms with E-state index < -0.39 is 0 Å². The Morgan fingerprint density at radius 2 is 1.93 bits per heavy atom. The Morgan fingerprint density at radius 3 is 2.70 bits per heavy atom. The zero-order valence-electron chi connectivity index (χ0n) is 15.2. The first-order valence-corrected chi connectivity index (χ1v) is 8.89. The molecule has 0 aliphatic heterocycles. The molecular formula is C20H22N4O3. The third-order valence-electron chi connectivity index (χ3n) is 4.30. The van der Waals surface area contributed by atoms with Crippen molar-refractivity contribution in [2.75, 3.05) is 13.7 Å². The number of nitrogens with zero attached hydrogens (tertiary/aromatic N) is 3. The molecule has 0 aliphatic carbocycles. The van der Waals surface area contributed by atoms with Crippen molar-refractivity contribution in [3.05, 3.63) is 64.4 Å². The molecule has 140 valence electrons. The minimum absolute atomic E-state index is 0.105. The minimum atomic E-state index is -0.229. The van der Waals surface area contributed by atoms with Gasteiger partial charge in [-0.3, -0.25) is 9.59 Å². The number of amides is 1. The lowest BCUT2D eigenvalue weighted by Crippen LogP contribution is -2.30. The van der Waals surface area contributed by atoms with E-state index in [-0.39, 0.29) is 24.4 Å². The van der Waals surface area contributed by atoms with Crippen LogP contribution in [0.4, 0.5) is 0 Å². The van der Waals surface area contributed by atoms with E-state index in [1.54, 1.807) is 31.4 Å². The van der Waals surface area contributed by atoms with Crippen molar-refractivity contribution in [3.63, 3.8) is 0 Å². The molecule has 1 N–H and O–H groups in total. The van der Waals surface area contributed by atoms with E-state index in [0.717, 1.165) is 18.6 Å². The molecule has 7 nitrogen and oxygen atoms in total. The maximum Gasteiger partial charge on any atom is 0.277 e. The number of rotatable bonds is 8. The molecule has 3 rings (SSSR count). The summed E-state index contributed by atoms with van der Waals surface area (Å²) in [6.45, 7) is 0.796. The molecule has 1 heterocycles. The van der Waals surface area contributed by atoms with Gasteiger partial charge in [-0.2, -0.15) is 0 Å². The lowest BCUT2D eigenvalue weighted by atomic mass is 10.1. The molecule has 0 atom stereocenters. The van der Waals surface area contributed by atoms with Crippen LogP contribution >= 0.6 is 0 Å². The van der Waals surface area contributed by atoms with Gasteiger partial charge in [0, 0.05) is 13.0 Å². The number of aryl methyl sites for hydroxylation is 2. The van der Waals surface area contributed by atoms with Crippen molar-refractivity contribution < 1.29 is 9.53 Å². The quantitative estimate of drug-likeness (QED) is 0.616. The van der Waals surface area contributed by atoms with E-state index in [2.05, 4.69) is 15.6 Å². The second kappa shape index (κ2) is 8.93. The summed E-state index contributed by atoms with van der Waals surface area (Å²) in [6, 6.07) is 14.9. The van der Waals surface area contributed by atoms with Crippen LogP contribution in [0.2, 0.25) is 0 Å². The van der Waals surface area contributed by atoms with Gasteiger partial charge in [0.2, 0.25) is 5.91 Å². The van der Waals surface area contributed by atoms with Gasteiger partial charge in [0.1, 0.15) is 11.3 Å². The van der Waals surface area contributed by atoms with Crippen LogP contribution in [0.5, 0.6) is 5.75 Å². The fourth-order valence-electron chi connectivity index (χ4n) is 2.78. The van der Waals surface area contributed by atoms with E-state index in [0.29, 0.717) is 17.4 Å². The van der Waals surface area contributed by atoms with Gasteiger partial charge in [0.25, 0.3) is 5.56 Å². The topological polar surface area (TPSA) is 86.1 Å². The first-order chi connectivity index (χ1) is 13.2. The lowest BCUT2D eigenvalue weighted by Gasteiger charge is -2.07. The van der Waals surface area contributed by atoms with Gasteiger partial charge in [-0.05, 0) is 42.7 Å². The number of methoxy groups -OCH3 is 1. The van der Waals surface area contributed by atoms with Gasteiger partial charge in [-0.1, -0.05) is 29.5 Å². The predicted molar refractivity (Wildman–Crippen MR) is 103 cm³/mol. The van der Waals surface area contributed by atoms with E-state index in [1.165, 1.54) is 10.2 Å². The summed E-state index contributed by atoms with van der Waals surface area (Å²) < 4.78 is 6.37. The van der Waals surface area contributed by atoms with Crippen LogP contribution < -0.4 is 15.6 Å². The maximum absolute atomic E-state index is 12.3. The molecule has 7 heteroatoms. The van der Waals surface area contributed by atoms with Crippen LogP contribution in [0.1, 0.15) is 18.4 Å². The number of hydrogen-bond donors (Lipinski definition) is 1. The normalized spacial score (nSPS) is 10.7. The highest BCUT2D eigenvalue weighted by Crippen LogP contribution is 2.12. The average molecular weight is 366 g/mol. The molecule has 0 bridgehead atoms. The molecule has 2 aromatic carbocycles. The molecule has 0 fully saturated rings. The van der Waals surface area contributed by atoms with Crippen LogP contribution in [0.3, 0.4) is 0 Å². The summed E-state index contributed by atoms with van der Waals surface area (Å²) >= 11 is 0. The molecular weight excluding hydrogens is 344 g/mol. The highest BCUT2D eigenvalue weighted by molar-refractivity contribution is 5.77.